The molecule has 1 aliphatic rings. The molecule has 0 spiro atoms. The highest BCUT2D eigenvalue weighted by atomic mass is 16.5. The molecule has 0 amide bonds. The maximum Gasteiger partial charge on any atom is 0.152 e. The van der Waals surface area contributed by atoms with Crippen molar-refractivity contribution in [1.82, 2.24) is 0 Å². The summed E-state index contributed by atoms with van der Waals surface area (Å²) >= 11 is 0. The zero-order chi connectivity index (χ0) is 11.4. The second kappa shape index (κ2) is 11.2. The third-order valence-corrected chi connectivity index (χ3v) is 1.92. The molecule has 0 fully saturated rings. The van der Waals surface area contributed by atoms with Gasteiger partial charge in [0.2, 0.25) is 0 Å². The number of rotatable bonds is 7. The third-order valence-electron chi connectivity index (χ3n) is 1.92. The van der Waals surface area contributed by atoms with E-state index in [2.05, 4.69) is 18.6 Å². The van der Waals surface area contributed by atoms with Crippen LogP contribution in [0.5, 0.6) is 0 Å². The molecule has 0 atom stereocenters. The zero-order valence-electron chi connectivity index (χ0n) is 9.83. The maximum atomic E-state index is 9.64. The number of carbonyl (C=O) groups excluding carboxylic acids is 1. The van der Waals surface area contributed by atoms with Gasteiger partial charge >= 0.3 is 0 Å². The van der Waals surface area contributed by atoms with Crippen molar-refractivity contribution in [2.24, 2.45) is 0 Å². The maximum absolute atomic E-state index is 9.64. The summed E-state index contributed by atoms with van der Waals surface area (Å²) in [6, 6.07) is 0. The van der Waals surface area contributed by atoms with Gasteiger partial charge < -0.3 is 9.47 Å². The Morgan fingerprint density at radius 2 is 1.87 bits per heavy atom. The van der Waals surface area contributed by atoms with Crippen LogP contribution >= 0.6 is 0 Å². The molecule has 1 rings (SSSR count). The fourth-order valence-electron chi connectivity index (χ4n) is 0.836. The third kappa shape index (κ3) is 9.47. The second-order valence-electron chi connectivity index (χ2n) is 3.44. The van der Waals surface area contributed by atoms with Crippen molar-refractivity contribution in [1.29, 1.82) is 0 Å². The minimum absolute atomic E-state index is 0.503. The lowest BCUT2D eigenvalue weighted by atomic mass is 10.3. The normalized spacial score (nSPS) is 12.8. The quantitative estimate of drug-likeness (QED) is 0.483. The standard InChI is InChI=1S/C8H18O.C4H4O2/c1-3-5-7-9-8-6-4-2;5-1-4-2-6-3-4/h3-8H2,1-2H3;1-2H,3H2. The fourth-order valence-corrected chi connectivity index (χ4v) is 0.836. The van der Waals surface area contributed by atoms with Crippen LogP contribution in [0.25, 0.3) is 0 Å². The summed E-state index contributed by atoms with van der Waals surface area (Å²) < 4.78 is 9.85. The summed E-state index contributed by atoms with van der Waals surface area (Å²) in [5.41, 5.74) is 0.745. The van der Waals surface area contributed by atoms with Gasteiger partial charge in [-0.2, -0.15) is 0 Å². The molecule has 88 valence electrons. The Morgan fingerprint density at radius 3 is 2.07 bits per heavy atom. The largest absolute Gasteiger partial charge is 0.496 e. The predicted octanol–water partition coefficient (Wildman–Crippen LogP) is 2.70. The number of hydrogen-bond donors (Lipinski definition) is 0. The summed E-state index contributed by atoms with van der Waals surface area (Å²) in [5.74, 6) is 0. The number of hydrogen-bond acceptors (Lipinski definition) is 3. The first-order valence-electron chi connectivity index (χ1n) is 5.68. The SMILES string of the molecule is CCCCOCCCC.O=CC1=COC1. The molecule has 1 aliphatic heterocycles. The highest BCUT2D eigenvalue weighted by Gasteiger charge is 2.01. The first kappa shape index (κ1) is 14.2. The monoisotopic (exact) mass is 214 g/mol. The van der Waals surface area contributed by atoms with Gasteiger partial charge in [0.25, 0.3) is 0 Å². The van der Waals surface area contributed by atoms with Crippen molar-refractivity contribution in [2.75, 3.05) is 19.8 Å². The molecule has 3 nitrogen and oxygen atoms in total. The molecule has 3 heteroatoms. The number of aldehydes is 1. The van der Waals surface area contributed by atoms with Gasteiger partial charge in [0, 0.05) is 13.2 Å². The molecule has 0 saturated heterocycles. The topological polar surface area (TPSA) is 35.5 Å². The molecule has 0 aromatic heterocycles. The second-order valence-corrected chi connectivity index (χ2v) is 3.44. The molecule has 0 radical (unpaired) electrons. The van der Waals surface area contributed by atoms with Gasteiger partial charge in [-0.05, 0) is 12.8 Å². The molecule has 0 aromatic rings. The van der Waals surface area contributed by atoms with Crippen molar-refractivity contribution < 1.29 is 14.3 Å². The molecule has 15 heavy (non-hydrogen) atoms. The molecule has 0 bridgehead atoms. The minimum Gasteiger partial charge on any atom is -0.496 e. The summed E-state index contributed by atoms with van der Waals surface area (Å²) in [6.45, 7) is 6.78. The van der Waals surface area contributed by atoms with E-state index in [-0.39, 0.29) is 0 Å². The van der Waals surface area contributed by atoms with Crippen LogP contribution < -0.4 is 0 Å². The van der Waals surface area contributed by atoms with Gasteiger partial charge in [0.1, 0.15) is 6.61 Å². The average molecular weight is 214 g/mol. The Labute approximate surface area is 92.5 Å². The first-order valence-corrected chi connectivity index (χ1v) is 5.68. The van der Waals surface area contributed by atoms with Crippen molar-refractivity contribution in [2.45, 2.75) is 39.5 Å². The lowest BCUT2D eigenvalue weighted by molar-refractivity contribution is -0.106. The molecule has 0 N–H and O–H groups in total. The van der Waals surface area contributed by atoms with Gasteiger partial charge in [0.05, 0.1) is 11.8 Å². The Bertz CT molecular complexity index is 170. The number of carbonyl (C=O) groups is 1. The number of ether oxygens (including phenoxy) is 2. The lowest BCUT2D eigenvalue weighted by Crippen LogP contribution is -2.04. The molecular weight excluding hydrogens is 192 g/mol. The van der Waals surface area contributed by atoms with Crippen LogP contribution in [0.3, 0.4) is 0 Å². The Kier molecular flexibility index (Phi) is 10.6. The summed E-state index contributed by atoms with van der Waals surface area (Å²) in [4.78, 5) is 9.64. The van der Waals surface area contributed by atoms with Crippen molar-refractivity contribution in [3.8, 4) is 0 Å². The summed E-state index contributed by atoms with van der Waals surface area (Å²) in [7, 11) is 0. The average Bonchev–Trinajstić information content (AvgIpc) is 2.17. The summed E-state index contributed by atoms with van der Waals surface area (Å²) in [5, 5.41) is 0. The Hall–Kier alpha value is -0.830. The Morgan fingerprint density at radius 1 is 1.33 bits per heavy atom. The molecule has 0 aliphatic carbocycles. The van der Waals surface area contributed by atoms with Crippen LogP contribution in [-0.2, 0) is 14.3 Å². The van der Waals surface area contributed by atoms with Crippen molar-refractivity contribution in [3.63, 3.8) is 0 Å². The molecular formula is C12H22O3. The summed E-state index contributed by atoms with van der Waals surface area (Å²) in [6.07, 6.45) is 7.15. The fraction of sp³-hybridized carbons (Fsp3) is 0.750. The highest BCUT2D eigenvalue weighted by Crippen LogP contribution is 2.01. The van der Waals surface area contributed by atoms with E-state index < -0.39 is 0 Å². The van der Waals surface area contributed by atoms with Gasteiger partial charge in [0.15, 0.2) is 6.29 Å². The highest BCUT2D eigenvalue weighted by molar-refractivity contribution is 5.74. The van der Waals surface area contributed by atoms with E-state index >= 15 is 0 Å². The zero-order valence-corrected chi connectivity index (χ0v) is 9.83. The van der Waals surface area contributed by atoms with E-state index in [1.54, 1.807) is 0 Å². The predicted molar refractivity (Wildman–Crippen MR) is 60.7 cm³/mol. The first-order chi connectivity index (χ1) is 7.35. The van der Waals surface area contributed by atoms with Crippen LogP contribution in [0, 0.1) is 0 Å². The van der Waals surface area contributed by atoms with E-state index in [0.29, 0.717) is 6.61 Å². The molecule has 0 unspecified atom stereocenters. The molecule has 0 saturated carbocycles. The van der Waals surface area contributed by atoms with E-state index in [0.717, 1.165) is 25.1 Å². The van der Waals surface area contributed by atoms with Crippen LogP contribution in [-0.4, -0.2) is 26.1 Å². The van der Waals surface area contributed by atoms with Gasteiger partial charge in [-0.3, -0.25) is 4.79 Å². The lowest BCUT2D eigenvalue weighted by Gasteiger charge is -2.07. The van der Waals surface area contributed by atoms with Crippen LogP contribution in [0.2, 0.25) is 0 Å². The molecule has 0 aromatic carbocycles. The smallest absolute Gasteiger partial charge is 0.152 e. The molecule has 1 heterocycles. The van der Waals surface area contributed by atoms with E-state index in [9.17, 15) is 4.79 Å². The Balaban J connectivity index is 0.000000280. The van der Waals surface area contributed by atoms with E-state index in [1.807, 2.05) is 0 Å². The van der Waals surface area contributed by atoms with Crippen molar-refractivity contribution in [3.05, 3.63) is 11.8 Å². The number of unbranched alkanes of at least 4 members (excludes halogenated alkanes) is 2. The van der Waals surface area contributed by atoms with Crippen LogP contribution in [0.4, 0.5) is 0 Å². The van der Waals surface area contributed by atoms with E-state index in [4.69, 9.17) is 4.74 Å². The van der Waals surface area contributed by atoms with Gasteiger partial charge in [-0.25, -0.2) is 0 Å². The van der Waals surface area contributed by atoms with Crippen LogP contribution in [0.1, 0.15) is 39.5 Å². The van der Waals surface area contributed by atoms with Gasteiger partial charge in [-0.15, -0.1) is 0 Å². The van der Waals surface area contributed by atoms with Crippen molar-refractivity contribution >= 4 is 6.29 Å². The van der Waals surface area contributed by atoms with Crippen LogP contribution in [0.15, 0.2) is 11.8 Å². The minimum atomic E-state index is 0.503. The van der Waals surface area contributed by atoms with E-state index in [1.165, 1.54) is 31.9 Å². The van der Waals surface area contributed by atoms with Gasteiger partial charge in [-0.1, -0.05) is 26.7 Å².